The molecule has 3 rings (SSSR count). The SMILES string of the molecule is CCOC(=O)Cn1c(=NC(=O)CC2CCCC2)sc2cc(C)ccc21. The van der Waals surface area contributed by atoms with Crippen molar-refractivity contribution in [1.82, 2.24) is 4.57 Å². The summed E-state index contributed by atoms with van der Waals surface area (Å²) in [6, 6.07) is 6.03. The van der Waals surface area contributed by atoms with Crippen LogP contribution in [-0.4, -0.2) is 23.1 Å². The highest BCUT2D eigenvalue weighted by Gasteiger charge is 2.19. The lowest BCUT2D eigenvalue weighted by molar-refractivity contribution is -0.143. The molecule has 0 aliphatic heterocycles. The second-order valence-corrected chi connectivity index (χ2v) is 7.62. The third-order valence-electron chi connectivity index (χ3n) is 4.59. The Bertz CT molecular complexity index is 844. The van der Waals surface area contributed by atoms with E-state index < -0.39 is 0 Å². The highest BCUT2D eigenvalue weighted by atomic mass is 32.1. The number of carbonyl (C=O) groups excluding carboxylic acids is 2. The summed E-state index contributed by atoms with van der Waals surface area (Å²) < 4.78 is 7.89. The van der Waals surface area contributed by atoms with E-state index in [1.165, 1.54) is 24.2 Å². The fraction of sp³-hybridized carbons (Fsp3) is 0.526. The van der Waals surface area contributed by atoms with Gasteiger partial charge >= 0.3 is 5.97 Å². The number of carbonyl (C=O) groups is 2. The molecule has 0 bridgehead atoms. The number of benzene rings is 1. The summed E-state index contributed by atoms with van der Waals surface area (Å²) in [6.07, 6.45) is 5.17. The average molecular weight is 360 g/mol. The van der Waals surface area contributed by atoms with E-state index in [0.29, 0.717) is 23.7 Å². The summed E-state index contributed by atoms with van der Waals surface area (Å²) in [6.45, 7) is 4.23. The van der Waals surface area contributed by atoms with E-state index >= 15 is 0 Å². The first kappa shape index (κ1) is 17.9. The van der Waals surface area contributed by atoms with Crippen LogP contribution in [0.3, 0.4) is 0 Å². The molecule has 2 aromatic rings. The third kappa shape index (κ3) is 4.37. The van der Waals surface area contributed by atoms with E-state index in [9.17, 15) is 9.59 Å². The number of aryl methyl sites for hydroxylation is 1. The van der Waals surface area contributed by atoms with Gasteiger partial charge in [0, 0.05) is 6.42 Å². The molecule has 1 aromatic heterocycles. The van der Waals surface area contributed by atoms with Gasteiger partial charge in [-0.1, -0.05) is 30.2 Å². The monoisotopic (exact) mass is 360 g/mol. The number of ether oxygens (including phenoxy) is 1. The van der Waals surface area contributed by atoms with Crippen LogP contribution in [-0.2, 0) is 20.9 Å². The standard InChI is InChI=1S/C19H24N2O3S/c1-3-24-18(23)12-21-15-9-8-13(2)10-16(15)25-19(21)20-17(22)11-14-6-4-5-7-14/h8-10,14H,3-7,11-12H2,1-2H3. The Kier molecular flexibility index (Phi) is 5.68. The van der Waals surface area contributed by atoms with Crippen molar-refractivity contribution in [3.8, 4) is 0 Å². The molecule has 1 saturated carbocycles. The Morgan fingerprint density at radius 3 is 2.80 bits per heavy atom. The molecule has 1 fully saturated rings. The van der Waals surface area contributed by atoms with Crippen molar-refractivity contribution in [2.45, 2.75) is 52.5 Å². The highest BCUT2D eigenvalue weighted by Crippen LogP contribution is 2.27. The van der Waals surface area contributed by atoms with Gasteiger partial charge in [0.05, 0.1) is 16.8 Å². The van der Waals surface area contributed by atoms with Crippen molar-refractivity contribution < 1.29 is 14.3 Å². The average Bonchev–Trinajstić information content (AvgIpc) is 3.16. The van der Waals surface area contributed by atoms with Gasteiger partial charge < -0.3 is 9.30 Å². The zero-order chi connectivity index (χ0) is 17.8. The lowest BCUT2D eigenvalue weighted by Gasteiger charge is -2.06. The van der Waals surface area contributed by atoms with Crippen molar-refractivity contribution in [2.75, 3.05) is 6.61 Å². The van der Waals surface area contributed by atoms with Gasteiger partial charge in [0.25, 0.3) is 0 Å². The smallest absolute Gasteiger partial charge is 0.326 e. The van der Waals surface area contributed by atoms with Gasteiger partial charge in [-0.2, -0.15) is 4.99 Å². The number of hydrogen-bond donors (Lipinski definition) is 0. The maximum Gasteiger partial charge on any atom is 0.326 e. The number of aromatic nitrogens is 1. The first-order chi connectivity index (χ1) is 12.1. The number of fused-ring (bicyclic) bond motifs is 1. The molecule has 0 saturated heterocycles. The van der Waals surface area contributed by atoms with Crippen molar-refractivity contribution in [3.05, 3.63) is 28.6 Å². The highest BCUT2D eigenvalue weighted by molar-refractivity contribution is 7.16. The Morgan fingerprint density at radius 2 is 2.08 bits per heavy atom. The Labute approximate surface area is 151 Å². The Morgan fingerprint density at radius 1 is 1.32 bits per heavy atom. The van der Waals surface area contributed by atoms with Crippen molar-refractivity contribution in [3.63, 3.8) is 0 Å². The van der Waals surface area contributed by atoms with Gasteiger partial charge in [-0.15, -0.1) is 0 Å². The van der Waals surface area contributed by atoms with Crippen LogP contribution in [0.4, 0.5) is 0 Å². The van der Waals surface area contributed by atoms with Gasteiger partial charge in [0.1, 0.15) is 6.54 Å². The van der Waals surface area contributed by atoms with Gasteiger partial charge in [-0.3, -0.25) is 9.59 Å². The van der Waals surface area contributed by atoms with E-state index in [1.54, 1.807) is 11.5 Å². The zero-order valence-corrected chi connectivity index (χ0v) is 15.6. The van der Waals surface area contributed by atoms with Crippen molar-refractivity contribution >= 4 is 33.4 Å². The van der Waals surface area contributed by atoms with Gasteiger partial charge in [-0.05, 0) is 50.3 Å². The Balaban J connectivity index is 1.95. The van der Waals surface area contributed by atoms with E-state index in [-0.39, 0.29) is 18.4 Å². The third-order valence-corrected chi connectivity index (χ3v) is 5.63. The second-order valence-electron chi connectivity index (χ2n) is 6.61. The van der Waals surface area contributed by atoms with Crippen LogP contribution in [0.1, 0.15) is 44.6 Å². The predicted octanol–water partition coefficient (Wildman–Crippen LogP) is 3.58. The first-order valence-electron chi connectivity index (χ1n) is 8.90. The minimum atomic E-state index is -0.313. The van der Waals surface area contributed by atoms with Gasteiger partial charge in [0.2, 0.25) is 5.91 Å². The van der Waals surface area contributed by atoms with Crippen molar-refractivity contribution in [2.24, 2.45) is 10.9 Å². The lowest BCUT2D eigenvalue weighted by Crippen LogP contribution is -2.23. The van der Waals surface area contributed by atoms with E-state index in [4.69, 9.17) is 4.74 Å². The summed E-state index contributed by atoms with van der Waals surface area (Å²) in [7, 11) is 0. The van der Waals surface area contributed by atoms with Crippen LogP contribution in [0.5, 0.6) is 0 Å². The van der Waals surface area contributed by atoms with Gasteiger partial charge in [0.15, 0.2) is 4.80 Å². The molecule has 0 radical (unpaired) electrons. The van der Waals surface area contributed by atoms with Crippen LogP contribution in [0.15, 0.2) is 23.2 Å². The molecule has 0 atom stereocenters. The minimum absolute atomic E-state index is 0.0758. The minimum Gasteiger partial charge on any atom is -0.465 e. The quantitative estimate of drug-likeness (QED) is 0.766. The van der Waals surface area contributed by atoms with Gasteiger partial charge in [-0.25, -0.2) is 0 Å². The van der Waals surface area contributed by atoms with Crippen molar-refractivity contribution in [1.29, 1.82) is 0 Å². The van der Waals surface area contributed by atoms with E-state index in [0.717, 1.165) is 28.6 Å². The summed E-state index contributed by atoms with van der Waals surface area (Å²) >= 11 is 1.45. The normalized spacial score (nSPS) is 15.8. The number of rotatable bonds is 5. The molecule has 1 amide bonds. The number of thiazole rings is 1. The number of hydrogen-bond acceptors (Lipinski definition) is 4. The first-order valence-corrected chi connectivity index (χ1v) is 9.71. The number of amides is 1. The second kappa shape index (κ2) is 7.95. The molecule has 0 spiro atoms. The maximum atomic E-state index is 12.4. The van der Waals surface area contributed by atoms with E-state index in [1.807, 2.05) is 19.1 Å². The van der Waals surface area contributed by atoms with Crippen LogP contribution >= 0.6 is 11.3 Å². The summed E-state index contributed by atoms with van der Waals surface area (Å²) in [4.78, 5) is 29.3. The summed E-state index contributed by atoms with van der Waals surface area (Å²) in [5.74, 6) is 0.0617. The predicted molar refractivity (Wildman–Crippen MR) is 98.3 cm³/mol. The molecule has 1 aliphatic rings. The topological polar surface area (TPSA) is 60.7 Å². The number of esters is 1. The van der Waals surface area contributed by atoms with Crippen LogP contribution < -0.4 is 4.80 Å². The summed E-state index contributed by atoms with van der Waals surface area (Å²) in [5, 5.41) is 0. The molecular weight excluding hydrogens is 336 g/mol. The zero-order valence-electron chi connectivity index (χ0n) is 14.8. The number of nitrogens with zero attached hydrogens (tertiary/aromatic N) is 2. The molecule has 0 unspecified atom stereocenters. The maximum absolute atomic E-state index is 12.4. The molecule has 5 nitrogen and oxygen atoms in total. The molecule has 6 heteroatoms. The summed E-state index contributed by atoms with van der Waals surface area (Å²) in [5.41, 5.74) is 2.05. The van der Waals surface area contributed by atoms with Crippen LogP contribution in [0.25, 0.3) is 10.2 Å². The van der Waals surface area contributed by atoms with E-state index in [2.05, 4.69) is 11.1 Å². The van der Waals surface area contributed by atoms with Crippen LogP contribution in [0.2, 0.25) is 0 Å². The Hall–Kier alpha value is -1.95. The largest absolute Gasteiger partial charge is 0.465 e. The molecule has 25 heavy (non-hydrogen) atoms. The van der Waals surface area contributed by atoms with Crippen LogP contribution in [0, 0.1) is 12.8 Å². The molecule has 0 N–H and O–H groups in total. The molecule has 1 aliphatic carbocycles. The molecule has 1 heterocycles. The fourth-order valence-electron chi connectivity index (χ4n) is 3.37. The molecular formula is C19H24N2O3S. The fourth-order valence-corrected chi connectivity index (χ4v) is 4.51. The molecule has 1 aromatic carbocycles. The lowest BCUT2D eigenvalue weighted by atomic mass is 10.0. The molecule has 134 valence electrons.